The van der Waals surface area contributed by atoms with E-state index in [1.807, 2.05) is 4.90 Å². The summed E-state index contributed by atoms with van der Waals surface area (Å²) in [6.07, 6.45) is 2.92. The number of carbonyl (C=O) groups is 1. The van der Waals surface area contributed by atoms with Crippen LogP contribution < -0.4 is 0 Å². The lowest BCUT2D eigenvalue weighted by Crippen LogP contribution is -2.43. The van der Waals surface area contributed by atoms with E-state index in [9.17, 15) is 13.6 Å². The number of halogens is 2. The monoisotopic (exact) mass is 305 g/mol. The van der Waals surface area contributed by atoms with Crippen molar-refractivity contribution in [1.29, 1.82) is 0 Å². The number of esters is 1. The second-order valence-corrected chi connectivity index (χ2v) is 5.66. The molecule has 0 unspecified atom stereocenters. The molecule has 2 rings (SSSR count). The lowest BCUT2D eigenvalue weighted by molar-refractivity contribution is -0.142. The van der Waals surface area contributed by atoms with Crippen LogP contribution in [0.25, 0.3) is 0 Å². The number of imidazole rings is 1. The molecule has 1 aliphatic rings. The summed E-state index contributed by atoms with van der Waals surface area (Å²) in [6, 6.07) is 0.00372. The summed E-state index contributed by atoms with van der Waals surface area (Å²) in [5, 5.41) is 0. The molecule has 1 saturated heterocycles. The van der Waals surface area contributed by atoms with Gasteiger partial charge in [-0.25, -0.2) is 4.98 Å². The lowest BCUT2D eigenvalue weighted by atomic mass is 10.2. The van der Waals surface area contributed by atoms with Crippen molar-refractivity contribution in [1.82, 2.24) is 14.5 Å². The molecule has 112 valence electrons. The van der Waals surface area contributed by atoms with Gasteiger partial charge in [0.2, 0.25) is 0 Å². The number of aromatic nitrogens is 2. The van der Waals surface area contributed by atoms with Crippen LogP contribution in [-0.4, -0.2) is 51.6 Å². The van der Waals surface area contributed by atoms with Gasteiger partial charge in [-0.2, -0.15) is 20.5 Å². The Balaban J connectivity index is 2.04. The summed E-state index contributed by atoms with van der Waals surface area (Å²) in [5.74, 6) is 1.76. The molecule has 1 aliphatic heterocycles. The van der Waals surface area contributed by atoms with E-state index in [0.717, 1.165) is 22.6 Å². The van der Waals surface area contributed by atoms with E-state index in [1.54, 1.807) is 11.8 Å². The Morgan fingerprint density at radius 2 is 2.45 bits per heavy atom. The smallest absolute Gasteiger partial charge is 0.319 e. The normalized spacial score (nSPS) is 20.3. The maximum Gasteiger partial charge on any atom is 0.319 e. The molecule has 0 bridgehead atoms. The molecule has 1 aromatic rings. The quantitative estimate of drug-likeness (QED) is 0.776. The molecule has 1 atom stereocenters. The molecule has 2 heterocycles. The first-order valence-corrected chi connectivity index (χ1v) is 7.45. The molecule has 0 N–H and O–H groups in total. The number of rotatable bonds is 5. The van der Waals surface area contributed by atoms with Crippen LogP contribution >= 0.6 is 11.8 Å². The third kappa shape index (κ3) is 3.69. The zero-order chi connectivity index (χ0) is 14.5. The standard InChI is InChI=1S/C12H17F2N3O2S/c1-19-11(18)6-9-8-20-5-4-16(9)7-10-15-2-3-17(10)12(13)14/h2-3,9,12H,4-8H2,1H3/t9-/m0/s1. The zero-order valence-electron chi connectivity index (χ0n) is 11.2. The van der Waals surface area contributed by atoms with Crippen molar-refractivity contribution in [2.75, 3.05) is 25.2 Å². The van der Waals surface area contributed by atoms with Gasteiger partial charge >= 0.3 is 12.5 Å². The first-order chi connectivity index (χ1) is 9.61. The fourth-order valence-corrected chi connectivity index (χ4v) is 3.32. The van der Waals surface area contributed by atoms with Crippen molar-refractivity contribution in [3.63, 3.8) is 0 Å². The van der Waals surface area contributed by atoms with Crippen molar-refractivity contribution in [3.8, 4) is 0 Å². The highest BCUT2D eigenvalue weighted by atomic mass is 32.2. The van der Waals surface area contributed by atoms with Crippen molar-refractivity contribution in [2.24, 2.45) is 0 Å². The summed E-state index contributed by atoms with van der Waals surface area (Å²) in [5.41, 5.74) is 0. The van der Waals surface area contributed by atoms with Gasteiger partial charge in [-0.05, 0) is 0 Å². The van der Waals surface area contributed by atoms with E-state index in [-0.39, 0.29) is 18.4 Å². The maximum absolute atomic E-state index is 12.8. The topological polar surface area (TPSA) is 47.4 Å². The Hall–Kier alpha value is -1.15. The van der Waals surface area contributed by atoms with E-state index in [4.69, 9.17) is 0 Å². The molecule has 5 nitrogen and oxygen atoms in total. The Kier molecular flexibility index (Phi) is 5.36. The predicted octanol–water partition coefficient (Wildman–Crippen LogP) is 1.76. The number of carbonyl (C=O) groups excluding carboxylic acids is 1. The van der Waals surface area contributed by atoms with Crippen LogP contribution in [0.5, 0.6) is 0 Å². The van der Waals surface area contributed by atoms with Gasteiger partial charge in [0.15, 0.2) is 0 Å². The van der Waals surface area contributed by atoms with Gasteiger partial charge in [0.25, 0.3) is 0 Å². The number of hydrogen-bond donors (Lipinski definition) is 0. The first kappa shape index (κ1) is 15.2. The fraction of sp³-hybridized carbons (Fsp3) is 0.667. The maximum atomic E-state index is 12.8. The van der Waals surface area contributed by atoms with E-state index < -0.39 is 6.55 Å². The molecule has 0 radical (unpaired) electrons. The van der Waals surface area contributed by atoms with Gasteiger partial charge < -0.3 is 4.74 Å². The predicted molar refractivity (Wildman–Crippen MR) is 71.6 cm³/mol. The Labute approximate surface area is 120 Å². The average molecular weight is 305 g/mol. The van der Waals surface area contributed by atoms with Crippen molar-refractivity contribution < 1.29 is 18.3 Å². The molecular weight excluding hydrogens is 288 g/mol. The zero-order valence-corrected chi connectivity index (χ0v) is 12.0. The van der Waals surface area contributed by atoms with E-state index in [2.05, 4.69) is 9.72 Å². The first-order valence-electron chi connectivity index (χ1n) is 6.30. The minimum absolute atomic E-state index is 0.00372. The van der Waals surface area contributed by atoms with Gasteiger partial charge in [0.1, 0.15) is 5.82 Å². The Bertz CT molecular complexity index is 456. The number of ether oxygens (including phenoxy) is 1. The molecule has 20 heavy (non-hydrogen) atoms. The number of thioether (sulfide) groups is 1. The highest BCUT2D eigenvalue weighted by Gasteiger charge is 2.27. The van der Waals surface area contributed by atoms with Crippen LogP contribution in [-0.2, 0) is 16.1 Å². The second-order valence-electron chi connectivity index (χ2n) is 4.51. The largest absolute Gasteiger partial charge is 0.469 e. The number of hydrogen-bond acceptors (Lipinski definition) is 5. The molecule has 0 amide bonds. The highest BCUT2D eigenvalue weighted by molar-refractivity contribution is 7.99. The molecular formula is C12H17F2N3O2S. The van der Waals surface area contributed by atoms with Crippen LogP contribution in [0.1, 0.15) is 18.8 Å². The third-order valence-electron chi connectivity index (χ3n) is 3.28. The van der Waals surface area contributed by atoms with Crippen molar-refractivity contribution in [3.05, 3.63) is 18.2 Å². The van der Waals surface area contributed by atoms with Gasteiger partial charge in [-0.3, -0.25) is 14.3 Å². The SMILES string of the molecule is COC(=O)C[C@H]1CSCCN1Cc1nccn1C(F)F. The Morgan fingerprint density at radius 3 is 3.15 bits per heavy atom. The average Bonchev–Trinajstić information content (AvgIpc) is 2.89. The fourth-order valence-electron chi connectivity index (χ4n) is 2.19. The molecule has 0 spiro atoms. The van der Waals surface area contributed by atoms with Gasteiger partial charge in [-0.1, -0.05) is 0 Å². The van der Waals surface area contributed by atoms with Gasteiger partial charge in [0.05, 0.1) is 20.1 Å². The number of alkyl halides is 2. The van der Waals surface area contributed by atoms with Gasteiger partial charge in [0, 0.05) is 36.5 Å². The van der Waals surface area contributed by atoms with Gasteiger partial charge in [-0.15, -0.1) is 0 Å². The summed E-state index contributed by atoms with van der Waals surface area (Å²) >= 11 is 1.76. The lowest BCUT2D eigenvalue weighted by Gasteiger charge is -2.34. The second kappa shape index (κ2) is 7.03. The van der Waals surface area contributed by atoms with Crippen LogP contribution in [0.4, 0.5) is 8.78 Å². The molecule has 8 heteroatoms. The molecule has 1 aromatic heterocycles. The molecule has 0 aromatic carbocycles. The Morgan fingerprint density at radius 1 is 1.65 bits per heavy atom. The summed E-state index contributed by atoms with van der Waals surface area (Å²) in [4.78, 5) is 17.4. The van der Waals surface area contributed by atoms with Crippen molar-refractivity contribution in [2.45, 2.75) is 25.6 Å². The number of methoxy groups -OCH3 is 1. The van der Waals surface area contributed by atoms with E-state index >= 15 is 0 Å². The highest BCUT2D eigenvalue weighted by Crippen LogP contribution is 2.22. The number of nitrogens with zero attached hydrogens (tertiary/aromatic N) is 3. The van der Waals surface area contributed by atoms with Crippen LogP contribution in [0.15, 0.2) is 12.4 Å². The van der Waals surface area contributed by atoms with Crippen LogP contribution in [0.3, 0.4) is 0 Å². The summed E-state index contributed by atoms with van der Waals surface area (Å²) in [6.45, 7) is -1.52. The van der Waals surface area contributed by atoms with Crippen molar-refractivity contribution >= 4 is 17.7 Å². The van der Waals surface area contributed by atoms with E-state index in [1.165, 1.54) is 19.5 Å². The molecule has 0 saturated carbocycles. The minimum Gasteiger partial charge on any atom is -0.469 e. The molecule has 0 aliphatic carbocycles. The van der Waals surface area contributed by atoms with E-state index in [0.29, 0.717) is 12.4 Å². The minimum atomic E-state index is -2.59. The third-order valence-corrected chi connectivity index (χ3v) is 4.37. The molecule has 1 fully saturated rings. The van der Waals surface area contributed by atoms with Crippen LogP contribution in [0, 0.1) is 0 Å². The summed E-state index contributed by atoms with van der Waals surface area (Å²) in [7, 11) is 1.35. The summed E-state index contributed by atoms with van der Waals surface area (Å²) < 4.78 is 31.1. The van der Waals surface area contributed by atoms with Crippen LogP contribution in [0.2, 0.25) is 0 Å².